The molecule has 3 aromatic rings. The smallest absolute Gasteiger partial charge is 0.305 e. The molecular formula is C27H28N4O5. The number of carbonyl (C=O) groups is 4. The van der Waals surface area contributed by atoms with Crippen LogP contribution in [0.2, 0.25) is 0 Å². The number of aromatic nitrogens is 2. The molecule has 3 amide bonds. The average molecular weight is 489 g/mol. The molecule has 36 heavy (non-hydrogen) atoms. The van der Waals surface area contributed by atoms with E-state index < -0.39 is 5.97 Å². The lowest BCUT2D eigenvalue weighted by Gasteiger charge is -2.30. The lowest BCUT2D eigenvalue weighted by Crippen LogP contribution is -2.35. The van der Waals surface area contributed by atoms with Gasteiger partial charge in [0.2, 0.25) is 0 Å². The quantitative estimate of drug-likeness (QED) is 0.492. The summed E-state index contributed by atoms with van der Waals surface area (Å²) in [7, 11) is 1.97. The molecule has 1 saturated carbocycles. The Morgan fingerprint density at radius 1 is 1.03 bits per heavy atom. The number of nitrogens with zero attached hydrogens (tertiary/aromatic N) is 3. The highest BCUT2D eigenvalue weighted by atomic mass is 16.4. The van der Waals surface area contributed by atoms with Gasteiger partial charge in [-0.25, -0.2) is 4.98 Å². The predicted molar refractivity (Wildman–Crippen MR) is 132 cm³/mol. The molecule has 2 heterocycles. The normalized spacial score (nSPS) is 19.5. The standard InChI is InChI=1S/C27H28N4O5/c1-30-22-11-10-18(25(34)28-13-12-23(32)33)14-21(22)29-24(30)17-8-6-16(7-9-17)15-31-26(35)19-4-2-3-5-20(19)27(31)36/h2-5,10-11,14,16-17H,6-9,12-13,15H2,1H3,(H,28,34)(H,32,33). The van der Waals surface area contributed by atoms with E-state index in [1.54, 1.807) is 36.4 Å². The number of hydrogen-bond donors (Lipinski definition) is 2. The van der Waals surface area contributed by atoms with Gasteiger partial charge in [0.1, 0.15) is 5.82 Å². The monoisotopic (exact) mass is 488 g/mol. The van der Waals surface area contributed by atoms with Crippen LogP contribution in [0, 0.1) is 5.92 Å². The summed E-state index contributed by atoms with van der Waals surface area (Å²) in [6.45, 7) is 0.519. The van der Waals surface area contributed by atoms with Gasteiger partial charge >= 0.3 is 5.97 Å². The number of carboxylic acid groups (broad SMARTS) is 1. The van der Waals surface area contributed by atoms with Gasteiger partial charge < -0.3 is 15.0 Å². The minimum Gasteiger partial charge on any atom is -0.481 e. The van der Waals surface area contributed by atoms with E-state index in [4.69, 9.17) is 10.1 Å². The third-order valence-electron chi connectivity index (χ3n) is 7.33. The number of fused-ring (bicyclic) bond motifs is 2. The van der Waals surface area contributed by atoms with Crippen molar-refractivity contribution in [2.75, 3.05) is 13.1 Å². The number of imide groups is 1. The van der Waals surface area contributed by atoms with Crippen molar-refractivity contribution in [1.82, 2.24) is 19.8 Å². The largest absolute Gasteiger partial charge is 0.481 e. The van der Waals surface area contributed by atoms with Gasteiger partial charge in [-0.05, 0) is 61.9 Å². The molecule has 0 bridgehead atoms. The zero-order valence-corrected chi connectivity index (χ0v) is 20.1. The van der Waals surface area contributed by atoms with E-state index in [1.807, 2.05) is 13.1 Å². The number of nitrogens with one attached hydrogen (secondary N) is 1. The molecule has 9 nitrogen and oxygen atoms in total. The molecule has 5 rings (SSSR count). The van der Waals surface area contributed by atoms with Gasteiger partial charge in [-0.15, -0.1) is 0 Å². The summed E-state index contributed by atoms with van der Waals surface area (Å²) < 4.78 is 2.07. The zero-order chi connectivity index (χ0) is 25.4. The van der Waals surface area contributed by atoms with Gasteiger partial charge in [-0.3, -0.25) is 24.1 Å². The minimum atomic E-state index is -0.960. The first kappa shape index (κ1) is 23.7. The maximum Gasteiger partial charge on any atom is 0.305 e. The van der Waals surface area contributed by atoms with E-state index in [0.29, 0.717) is 23.2 Å². The number of amides is 3. The summed E-state index contributed by atoms with van der Waals surface area (Å²) in [5.74, 6) is -0.190. The van der Waals surface area contributed by atoms with Crippen molar-refractivity contribution in [3.63, 3.8) is 0 Å². The Bertz CT molecular complexity index is 1330. The molecular weight excluding hydrogens is 460 g/mol. The van der Waals surface area contributed by atoms with Crippen LogP contribution in [0.1, 0.15) is 74.9 Å². The first-order chi connectivity index (χ1) is 17.3. The minimum absolute atomic E-state index is 0.0730. The Kier molecular flexibility index (Phi) is 6.30. The van der Waals surface area contributed by atoms with E-state index in [1.165, 1.54) is 4.90 Å². The number of carboxylic acids is 1. The number of benzene rings is 2. The highest BCUT2D eigenvalue weighted by Crippen LogP contribution is 2.37. The third kappa shape index (κ3) is 4.36. The number of aliphatic carboxylic acids is 1. The van der Waals surface area contributed by atoms with Gasteiger partial charge in [-0.1, -0.05) is 12.1 Å². The van der Waals surface area contributed by atoms with Crippen LogP contribution >= 0.6 is 0 Å². The van der Waals surface area contributed by atoms with Gasteiger partial charge in [0.15, 0.2) is 0 Å². The summed E-state index contributed by atoms with van der Waals surface area (Å²) in [6.07, 6.45) is 3.50. The Balaban J connectivity index is 1.23. The maximum absolute atomic E-state index is 12.7. The summed E-state index contributed by atoms with van der Waals surface area (Å²) in [5, 5.41) is 11.4. The van der Waals surface area contributed by atoms with Crippen LogP contribution in [-0.4, -0.2) is 56.3 Å². The van der Waals surface area contributed by atoms with Crippen molar-refractivity contribution >= 4 is 34.7 Å². The molecule has 2 aromatic carbocycles. The Morgan fingerprint density at radius 2 is 1.69 bits per heavy atom. The highest BCUT2D eigenvalue weighted by molar-refractivity contribution is 6.21. The zero-order valence-electron chi connectivity index (χ0n) is 20.1. The van der Waals surface area contributed by atoms with Gasteiger partial charge in [0.05, 0.1) is 28.6 Å². The van der Waals surface area contributed by atoms with Crippen molar-refractivity contribution in [2.45, 2.75) is 38.0 Å². The van der Waals surface area contributed by atoms with Gasteiger partial charge in [0, 0.05) is 31.6 Å². The Morgan fingerprint density at radius 3 is 2.33 bits per heavy atom. The summed E-state index contributed by atoms with van der Waals surface area (Å²) in [4.78, 5) is 54.7. The first-order valence-corrected chi connectivity index (χ1v) is 12.2. The molecule has 0 unspecified atom stereocenters. The number of aryl methyl sites for hydroxylation is 1. The number of imidazole rings is 1. The van der Waals surface area contributed by atoms with Crippen LogP contribution in [0.5, 0.6) is 0 Å². The second-order valence-corrected chi connectivity index (χ2v) is 9.62. The molecule has 1 aromatic heterocycles. The Hall–Kier alpha value is -4.01. The average Bonchev–Trinajstić information content (AvgIpc) is 3.33. The van der Waals surface area contributed by atoms with Crippen molar-refractivity contribution in [3.8, 4) is 0 Å². The molecule has 9 heteroatoms. The van der Waals surface area contributed by atoms with E-state index in [2.05, 4.69) is 9.88 Å². The maximum atomic E-state index is 12.7. The van der Waals surface area contributed by atoms with Crippen LogP contribution < -0.4 is 5.32 Å². The fourth-order valence-corrected chi connectivity index (χ4v) is 5.38. The van der Waals surface area contributed by atoms with Crippen molar-refractivity contribution in [2.24, 2.45) is 13.0 Å². The molecule has 1 aliphatic carbocycles. The summed E-state index contributed by atoms with van der Waals surface area (Å²) >= 11 is 0. The second-order valence-electron chi connectivity index (χ2n) is 9.62. The molecule has 0 saturated heterocycles. The highest BCUT2D eigenvalue weighted by Gasteiger charge is 2.37. The van der Waals surface area contributed by atoms with Crippen LogP contribution in [0.25, 0.3) is 11.0 Å². The fourth-order valence-electron chi connectivity index (χ4n) is 5.38. The summed E-state index contributed by atoms with van der Waals surface area (Å²) in [5.41, 5.74) is 3.09. The first-order valence-electron chi connectivity index (χ1n) is 12.2. The molecule has 1 fully saturated rings. The molecule has 1 aliphatic heterocycles. The molecule has 0 spiro atoms. The molecule has 0 atom stereocenters. The molecule has 186 valence electrons. The van der Waals surface area contributed by atoms with Crippen molar-refractivity contribution in [1.29, 1.82) is 0 Å². The van der Waals surface area contributed by atoms with Gasteiger partial charge in [-0.2, -0.15) is 0 Å². The van der Waals surface area contributed by atoms with Crippen LogP contribution in [-0.2, 0) is 11.8 Å². The van der Waals surface area contributed by atoms with Crippen LogP contribution in [0.15, 0.2) is 42.5 Å². The van der Waals surface area contributed by atoms with E-state index >= 15 is 0 Å². The van der Waals surface area contributed by atoms with Crippen molar-refractivity contribution in [3.05, 3.63) is 65.0 Å². The Labute approximate surface area is 208 Å². The molecule has 2 aliphatic rings. The number of hydrogen-bond acceptors (Lipinski definition) is 5. The lowest BCUT2D eigenvalue weighted by molar-refractivity contribution is -0.136. The van der Waals surface area contributed by atoms with Gasteiger partial charge in [0.25, 0.3) is 17.7 Å². The van der Waals surface area contributed by atoms with E-state index in [9.17, 15) is 19.2 Å². The molecule has 2 N–H and O–H groups in total. The third-order valence-corrected chi connectivity index (χ3v) is 7.33. The second kappa shape index (κ2) is 9.56. The molecule has 0 radical (unpaired) electrons. The number of rotatable bonds is 7. The topological polar surface area (TPSA) is 122 Å². The summed E-state index contributed by atoms with van der Waals surface area (Å²) in [6, 6.07) is 12.3. The number of carbonyl (C=O) groups excluding carboxylic acids is 3. The van der Waals surface area contributed by atoms with Crippen molar-refractivity contribution < 1.29 is 24.3 Å². The lowest BCUT2D eigenvalue weighted by atomic mass is 9.81. The fraction of sp³-hybridized carbons (Fsp3) is 0.370. The SMILES string of the molecule is Cn1c(C2CCC(CN3C(=O)c4ccccc4C3=O)CC2)nc2cc(C(=O)NCCC(=O)O)ccc21. The van der Waals surface area contributed by atoms with Crippen LogP contribution in [0.4, 0.5) is 0 Å². The van der Waals surface area contributed by atoms with Crippen LogP contribution in [0.3, 0.4) is 0 Å². The van der Waals surface area contributed by atoms with E-state index in [0.717, 1.165) is 42.5 Å². The predicted octanol–water partition coefficient (Wildman–Crippen LogP) is 3.35. The van der Waals surface area contributed by atoms with E-state index in [-0.39, 0.29) is 42.5 Å².